The van der Waals surface area contributed by atoms with Crippen LogP contribution in [0.25, 0.3) is 10.8 Å². The molecule has 3 aromatic rings. The quantitative estimate of drug-likeness (QED) is 0.773. The highest BCUT2D eigenvalue weighted by molar-refractivity contribution is 9.10. The number of hydrogen-bond acceptors (Lipinski definition) is 3. The smallest absolute Gasteiger partial charge is 0.0593 e. The second-order valence-electron chi connectivity index (χ2n) is 3.88. The molecule has 2 aromatic heterocycles. The first kappa shape index (κ1) is 11.2. The molecule has 0 bridgehead atoms. The van der Waals surface area contributed by atoms with Crippen molar-refractivity contribution in [3.8, 4) is 0 Å². The highest BCUT2D eigenvalue weighted by Crippen LogP contribution is 2.29. The van der Waals surface area contributed by atoms with Gasteiger partial charge in [0.2, 0.25) is 0 Å². The Hall–Kier alpha value is -1.94. The molecule has 2 heterocycles. The van der Waals surface area contributed by atoms with Gasteiger partial charge in [-0.05, 0) is 34.1 Å². The predicted molar refractivity (Wildman–Crippen MR) is 77.0 cm³/mol. The van der Waals surface area contributed by atoms with Gasteiger partial charge in [-0.2, -0.15) is 0 Å². The molecular weight excluding hydrogens is 290 g/mol. The standard InChI is InChI=1S/C14H10BrN3/c15-12-9-17-7-5-14(12)18-13-3-1-2-10-8-16-6-4-11(10)13/h1-9H,(H,17,18). The van der Waals surface area contributed by atoms with Gasteiger partial charge >= 0.3 is 0 Å². The van der Waals surface area contributed by atoms with Gasteiger partial charge in [-0.15, -0.1) is 0 Å². The molecule has 0 fully saturated rings. The molecule has 0 saturated heterocycles. The second kappa shape index (κ2) is 4.74. The van der Waals surface area contributed by atoms with Gasteiger partial charge in [0.25, 0.3) is 0 Å². The van der Waals surface area contributed by atoms with Crippen LogP contribution in [0.3, 0.4) is 0 Å². The Kier molecular flexibility index (Phi) is 2.94. The minimum atomic E-state index is 0.941. The van der Waals surface area contributed by atoms with Gasteiger partial charge in [0.15, 0.2) is 0 Å². The van der Waals surface area contributed by atoms with Gasteiger partial charge in [-0.1, -0.05) is 12.1 Å². The number of nitrogens with one attached hydrogen (secondary N) is 1. The number of hydrogen-bond donors (Lipinski definition) is 1. The maximum atomic E-state index is 4.13. The zero-order chi connectivity index (χ0) is 12.4. The monoisotopic (exact) mass is 299 g/mol. The van der Waals surface area contributed by atoms with Crippen LogP contribution in [0.5, 0.6) is 0 Å². The Bertz CT molecular complexity index is 692. The van der Waals surface area contributed by atoms with Crippen molar-refractivity contribution in [1.29, 1.82) is 0 Å². The third kappa shape index (κ3) is 2.07. The van der Waals surface area contributed by atoms with Gasteiger partial charge < -0.3 is 5.32 Å². The lowest BCUT2D eigenvalue weighted by molar-refractivity contribution is 1.30. The molecule has 0 saturated carbocycles. The molecule has 1 N–H and O–H groups in total. The molecule has 0 amide bonds. The van der Waals surface area contributed by atoms with Crippen LogP contribution in [0.4, 0.5) is 11.4 Å². The van der Waals surface area contributed by atoms with E-state index < -0.39 is 0 Å². The summed E-state index contributed by atoms with van der Waals surface area (Å²) in [6, 6.07) is 10.1. The maximum Gasteiger partial charge on any atom is 0.0593 e. The van der Waals surface area contributed by atoms with Crippen molar-refractivity contribution in [2.24, 2.45) is 0 Å². The van der Waals surface area contributed by atoms with E-state index in [-0.39, 0.29) is 0 Å². The van der Waals surface area contributed by atoms with Crippen molar-refractivity contribution in [3.63, 3.8) is 0 Å². The summed E-state index contributed by atoms with van der Waals surface area (Å²) in [5, 5.41) is 5.67. The van der Waals surface area contributed by atoms with Gasteiger partial charge in [-0.3, -0.25) is 9.97 Å². The third-order valence-electron chi connectivity index (χ3n) is 2.72. The fourth-order valence-corrected chi connectivity index (χ4v) is 2.20. The molecule has 3 rings (SSSR count). The molecule has 3 nitrogen and oxygen atoms in total. The Labute approximate surface area is 113 Å². The number of anilines is 2. The molecule has 0 aliphatic rings. The van der Waals surface area contributed by atoms with E-state index in [1.807, 2.05) is 24.4 Å². The van der Waals surface area contributed by atoms with Crippen LogP contribution in [-0.4, -0.2) is 9.97 Å². The SMILES string of the molecule is Brc1cnccc1Nc1cccc2cnccc12. The third-order valence-corrected chi connectivity index (χ3v) is 3.35. The fourth-order valence-electron chi connectivity index (χ4n) is 1.85. The van der Waals surface area contributed by atoms with Crippen molar-refractivity contribution < 1.29 is 0 Å². The number of rotatable bonds is 2. The van der Waals surface area contributed by atoms with Crippen LogP contribution in [-0.2, 0) is 0 Å². The van der Waals surface area contributed by atoms with Gasteiger partial charge in [0.1, 0.15) is 0 Å². The Morgan fingerprint density at radius 3 is 2.61 bits per heavy atom. The average Bonchev–Trinajstić information content (AvgIpc) is 2.42. The van der Waals surface area contributed by atoms with Crippen molar-refractivity contribution in [3.05, 3.63) is 59.6 Å². The zero-order valence-corrected chi connectivity index (χ0v) is 11.1. The minimum Gasteiger partial charge on any atom is -0.354 e. The summed E-state index contributed by atoms with van der Waals surface area (Å²) in [6.07, 6.45) is 7.20. The van der Waals surface area contributed by atoms with E-state index in [2.05, 4.69) is 43.3 Å². The first-order valence-corrected chi connectivity index (χ1v) is 6.33. The lowest BCUT2D eigenvalue weighted by Crippen LogP contribution is -1.93. The summed E-state index contributed by atoms with van der Waals surface area (Å²) in [6.45, 7) is 0. The van der Waals surface area contributed by atoms with E-state index in [1.165, 1.54) is 0 Å². The fraction of sp³-hybridized carbons (Fsp3) is 0. The lowest BCUT2D eigenvalue weighted by Gasteiger charge is -2.10. The summed E-state index contributed by atoms with van der Waals surface area (Å²) >= 11 is 3.48. The van der Waals surface area contributed by atoms with E-state index in [4.69, 9.17) is 0 Å². The number of fused-ring (bicyclic) bond motifs is 1. The number of nitrogens with zero attached hydrogens (tertiary/aromatic N) is 2. The number of aromatic nitrogens is 2. The van der Waals surface area contributed by atoms with Crippen LogP contribution in [0, 0.1) is 0 Å². The molecule has 18 heavy (non-hydrogen) atoms. The Balaban J connectivity index is 2.08. The summed E-state index contributed by atoms with van der Waals surface area (Å²) in [4.78, 5) is 8.18. The maximum absolute atomic E-state index is 4.13. The molecule has 0 radical (unpaired) electrons. The summed E-state index contributed by atoms with van der Waals surface area (Å²) < 4.78 is 0.941. The van der Waals surface area contributed by atoms with E-state index in [1.54, 1.807) is 18.6 Å². The molecule has 1 aromatic carbocycles. The largest absolute Gasteiger partial charge is 0.354 e. The van der Waals surface area contributed by atoms with Gasteiger partial charge in [0.05, 0.1) is 10.2 Å². The molecule has 4 heteroatoms. The molecule has 88 valence electrons. The van der Waals surface area contributed by atoms with Crippen molar-refractivity contribution >= 4 is 38.1 Å². The first-order valence-electron chi connectivity index (χ1n) is 5.54. The topological polar surface area (TPSA) is 37.8 Å². The molecule has 0 spiro atoms. The highest BCUT2D eigenvalue weighted by Gasteiger charge is 2.03. The molecule has 0 atom stereocenters. The average molecular weight is 300 g/mol. The first-order chi connectivity index (χ1) is 8.84. The number of pyridine rings is 2. The van der Waals surface area contributed by atoms with E-state index in [0.29, 0.717) is 0 Å². The normalized spacial score (nSPS) is 10.5. The van der Waals surface area contributed by atoms with Gasteiger partial charge in [-0.25, -0.2) is 0 Å². The molecule has 0 aliphatic heterocycles. The van der Waals surface area contributed by atoms with Crippen LogP contribution >= 0.6 is 15.9 Å². The highest BCUT2D eigenvalue weighted by atomic mass is 79.9. The summed E-state index contributed by atoms with van der Waals surface area (Å²) in [5.41, 5.74) is 2.05. The molecule has 0 unspecified atom stereocenters. The Morgan fingerprint density at radius 1 is 0.889 bits per heavy atom. The molecule has 0 aliphatic carbocycles. The van der Waals surface area contributed by atoms with Crippen molar-refractivity contribution in [1.82, 2.24) is 9.97 Å². The number of halogens is 1. The van der Waals surface area contributed by atoms with Gasteiger partial charge in [0, 0.05) is 41.2 Å². The summed E-state index contributed by atoms with van der Waals surface area (Å²) in [7, 11) is 0. The zero-order valence-electron chi connectivity index (χ0n) is 9.47. The van der Waals surface area contributed by atoms with Crippen LogP contribution in [0.15, 0.2) is 59.6 Å². The van der Waals surface area contributed by atoms with Crippen molar-refractivity contribution in [2.75, 3.05) is 5.32 Å². The van der Waals surface area contributed by atoms with Crippen LogP contribution < -0.4 is 5.32 Å². The predicted octanol–water partition coefficient (Wildman–Crippen LogP) is 4.14. The second-order valence-corrected chi connectivity index (χ2v) is 4.74. The van der Waals surface area contributed by atoms with Crippen LogP contribution in [0.2, 0.25) is 0 Å². The lowest BCUT2D eigenvalue weighted by atomic mass is 10.1. The number of benzene rings is 1. The van der Waals surface area contributed by atoms with E-state index in [9.17, 15) is 0 Å². The van der Waals surface area contributed by atoms with Crippen LogP contribution in [0.1, 0.15) is 0 Å². The van der Waals surface area contributed by atoms with E-state index in [0.717, 1.165) is 26.6 Å². The molecular formula is C14H10BrN3. The minimum absolute atomic E-state index is 0.941. The van der Waals surface area contributed by atoms with E-state index >= 15 is 0 Å². The summed E-state index contributed by atoms with van der Waals surface area (Å²) in [5.74, 6) is 0. The Morgan fingerprint density at radius 2 is 1.72 bits per heavy atom. The van der Waals surface area contributed by atoms with Crippen molar-refractivity contribution in [2.45, 2.75) is 0 Å².